The number of thioether (sulfide) groups is 1. The molecule has 0 spiro atoms. The summed E-state index contributed by atoms with van der Waals surface area (Å²) in [5, 5.41) is 7.58. The van der Waals surface area contributed by atoms with Crippen LogP contribution in [0.5, 0.6) is 5.75 Å². The Morgan fingerprint density at radius 2 is 2.04 bits per heavy atom. The van der Waals surface area contributed by atoms with Crippen LogP contribution < -0.4 is 4.74 Å². The Labute approximate surface area is 141 Å². The van der Waals surface area contributed by atoms with Gasteiger partial charge >= 0.3 is 0 Å². The van der Waals surface area contributed by atoms with Crippen LogP contribution in [-0.4, -0.2) is 37.0 Å². The number of ether oxygens (including phenoxy) is 1. The molecule has 3 aromatic heterocycles. The maximum Gasteiger partial charge on any atom is 0.170 e. The van der Waals surface area contributed by atoms with Gasteiger partial charge in [-0.2, -0.15) is 0 Å². The molecule has 0 aliphatic carbocycles. The second-order valence-corrected chi connectivity index (χ2v) is 5.79. The number of hydrogen-bond donors (Lipinski definition) is 0. The van der Waals surface area contributed by atoms with Crippen LogP contribution in [0.15, 0.2) is 53.6 Å². The molecule has 0 aliphatic rings. The normalized spacial score (nSPS) is 11.0. The van der Waals surface area contributed by atoms with E-state index in [0.717, 1.165) is 22.5 Å². The van der Waals surface area contributed by atoms with Gasteiger partial charge in [-0.25, -0.2) is 9.61 Å². The van der Waals surface area contributed by atoms with Gasteiger partial charge in [-0.05, 0) is 41.7 Å². The van der Waals surface area contributed by atoms with Crippen molar-refractivity contribution in [2.24, 2.45) is 0 Å². The topological polar surface area (TPSA) is 78.9 Å². The van der Waals surface area contributed by atoms with Crippen LogP contribution in [0.3, 0.4) is 0 Å². The van der Waals surface area contributed by atoms with Crippen LogP contribution in [0.1, 0.15) is 0 Å². The highest BCUT2D eigenvalue weighted by Crippen LogP contribution is 2.27. The van der Waals surface area contributed by atoms with Crippen LogP contribution in [0.4, 0.5) is 0 Å². The zero-order valence-corrected chi connectivity index (χ0v) is 13.6. The maximum atomic E-state index is 5.61. The monoisotopic (exact) mass is 339 g/mol. The molecule has 1 aromatic carbocycles. The van der Waals surface area contributed by atoms with Gasteiger partial charge < -0.3 is 4.74 Å². The van der Waals surface area contributed by atoms with Crippen molar-refractivity contribution in [3.63, 3.8) is 0 Å². The predicted molar refractivity (Wildman–Crippen MR) is 91.2 cm³/mol. The van der Waals surface area contributed by atoms with Gasteiger partial charge in [-0.3, -0.25) is 9.55 Å². The Balaban J connectivity index is 1.84. The summed E-state index contributed by atoms with van der Waals surface area (Å²) in [4.78, 5) is 8.74. The fourth-order valence-electron chi connectivity index (χ4n) is 2.45. The third-order valence-electron chi connectivity index (χ3n) is 3.49. The van der Waals surface area contributed by atoms with E-state index in [9.17, 15) is 0 Å². The van der Waals surface area contributed by atoms with E-state index in [4.69, 9.17) is 9.37 Å². The van der Waals surface area contributed by atoms with Crippen LogP contribution in [0.2, 0.25) is 0 Å². The zero-order chi connectivity index (χ0) is 16.4. The van der Waals surface area contributed by atoms with E-state index in [0.29, 0.717) is 17.5 Å². The fourth-order valence-corrected chi connectivity index (χ4v) is 2.70. The summed E-state index contributed by atoms with van der Waals surface area (Å²) in [6.07, 6.45) is 7.00. The van der Waals surface area contributed by atoms with Crippen LogP contribution in [0.25, 0.3) is 28.2 Å². The minimum Gasteiger partial charge on any atom is -0.483 e. The number of imidazole rings is 1. The van der Waals surface area contributed by atoms with E-state index >= 15 is 0 Å². The lowest BCUT2D eigenvalue weighted by Gasteiger charge is -2.09. The number of hydrogen-bond acceptors (Lipinski definition) is 7. The second-order valence-electron chi connectivity index (χ2n) is 4.97. The number of benzene rings is 1. The molecule has 120 valence electrons. The van der Waals surface area contributed by atoms with Gasteiger partial charge in [0.25, 0.3) is 0 Å². The Morgan fingerprint density at radius 3 is 2.79 bits per heavy atom. The molecular formula is C16H13N5O2S. The van der Waals surface area contributed by atoms with Crippen molar-refractivity contribution in [1.29, 1.82) is 0 Å². The van der Waals surface area contributed by atoms with Gasteiger partial charge in [0.05, 0.1) is 11.7 Å². The Kier molecular flexibility index (Phi) is 3.87. The first-order valence-electron chi connectivity index (χ1n) is 7.19. The van der Waals surface area contributed by atoms with Gasteiger partial charge in [0.2, 0.25) is 0 Å². The van der Waals surface area contributed by atoms with Gasteiger partial charge in [-0.15, -0.1) is 11.8 Å². The standard InChI is InChI=1S/C16H13N5O2S/c1-24-10-22-12-4-2-11(3-5-12)21-15-6-7-17-8-13(15)19-16(21)14-9-18-23-20-14/h2-9H,10H2,1H3. The van der Waals surface area contributed by atoms with E-state index in [-0.39, 0.29) is 0 Å². The average Bonchev–Trinajstić information content (AvgIpc) is 3.27. The van der Waals surface area contributed by atoms with Crippen molar-refractivity contribution >= 4 is 22.8 Å². The summed E-state index contributed by atoms with van der Waals surface area (Å²) >= 11 is 1.63. The van der Waals surface area contributed by atoms with Crippen LogP contribution in [0, 0.1) is 0 Å². The van der Waals surface area contributed by atoms with Crippen molar-refractivity contribution in [1.82, 2.24) is 24.8 Å². The molecule has 3 heterocycles. The zero-order valence-electron chi connectivity index (χ0n) is 12.8. The van der Waals surface area contributed by atoms with Crippen molar-refractivity contribution < 1.29 is 9.37 Å². The number of nitrogens with zero attached hydrogens (tertiary/aromatic N) is 5. The smallest absolute Gasteiger partial charge is 0.170 e. The van der Waals surface area contributed by atoms with E-state index in [1.807, 2.05) is 41.2 Å². The highest BCUT2D eigenvalue weighted by atomic mass is 32.2. The Bertz CT molecular complexity index is 950. The molecule has 24 heavy (non-hydrogen) atoms. The molecule has 0 unspecified atom stereocenters. The number of aromatic nitrogens is 5. The van der Waals surface area contributed by atoms with Crippen molar-refractivity contribution in [3.8, 4) is 23.0 Å². The van der Waals surface area contributed by atoms with E-state index in [2.05, 4.69) is 20.3 Å². The van der Waals surface area contributed by atoms with Crippen LogP contribution >= 0.6 is 11.8 Å². The maximum absolute atomic E-state index is 5.61. The predicted octanol–water partition coefficient (Wildman–Crippen LogP) is 3.17. The first-order valence-corrected chi connectivity index (χ1v) is 8.59. The molecule has 0 fully saturated rings. The lowest BCUT2D eigenvalue weighted by Crippen LogP contribution is -1.98. The summed E-state index contributed by atoms with van der Waals surface area (Å²) < 4.78 is 12.3. The highest BCUT2D eigenvalue weighted by molar-refractivity contribution is 7.98. The quantitative estimate of drug-likeness (QED) is 0.517. The molecule has 0 atom stereocenters. The highest BCUT2D eigenvalue weighted by Gasteiger charge is 2.17. The van der Waals surface area contributed by atoms with Crippen LogP contribution in [-0.2, 0) is 0 Å². The molecule has 0 aliphatic heterocycles. The lowest BCUT2D eigenvalue weighted by molar-refractivity contribution is 0.308. The molecule has 7 nitrogen and oxygen atoms in total. The molecule has 4 rings (SSSR count). The number of pyridine rings is 1. The first-order chi connectivity index (χ1) is 11.9. The summed E-state index contributed by atoms with van der Waals surface area (Å²) in [6.45, 7) is 0. The molecule has 0 amide bonds. The Morgan fingerprint density at radius 1 is 1.17 bits per heavy atom. The third-order valence-corrected chi connectivity index (χ3v) is 3.84. The fraction of sp³-hybridized carbons (Fsp3) is 0.125. The SMILES string of the molecule is CSCOc1ccc(-n2c(-c3cnon3)nc3cnccc32)cc1. The summed E-state index contributed by atoms with van der Waals surface area (Å²) in [5.41, 5.74) is 3.21. The molecule has 0 saturated carbocycles. The summed E-state index contributed by atoms with van der Waals surface area (Å²) in [6, 6.07) is 9.74. The summed E-state index contributed by atoms with van der Waals surface area (Å²) in [5.74, 6) is 2.09. The molecule has 8 heteroatoms. The van der Waals surface area contributed by atoms with Gasteiger partial charge in [0.1, 0.15) is 23.4 Å². The van der Waals surface area contributed by atoms with Crippen molar-refractivity contribution in [2.75, 3.05) is 12.2 Å². The third kappa shape index (κ3) is 2.61. The van der Waals surface area contributed by atoms with E-state index in [1.54, 1.807) is 30.4 Å². The van der Waals surface area contributed by atoms with Crippen molar-refractivity contribution in [2.45, 2.75) is 0 Å². The first kappa shape index (κ1) is 14.7. The van der Waals surface area contributed by atoms with Crippen molar-refractivity contribution in [3.05, 3.63) is 48.9 Å². The average molecular weight is 339 g/mol. The van der Waals surface area contributed by atoms with E-state index in [1.165, 1.54) is 0 Å². The lowest BCUT2D eigenvalue weighted by atomic mass is 10.2. The van der Waals surface area contributed by atoms with Gasteiger partial charge in [-0.1, -0.05) is 5.16 Å². The molecule has 0 bridgehead atoms. The molecule has 4 aromatic rings. The molecule has 0 N–H and O–H groups in total. The number of fused-ring (bicyclic) bond motifs is 1. The van der Waals surface area contributed by atoms with E-state index < -0.39 is 0 Å². The largest absolute Gasteiger partial charge is 0.483 e. The van der Waals surface area contributed by atoms with Gasteiger partial charge in [0, 0.05) is 11.9 Å². The Hall–Kier alpha value is -2.87. The molecule has 0 radical (unpaired) electrons. The minimum absolute atomic E-state index is 0.564. The minimum atomic E-state index is 0.564. The molecule has 0 saturated heterocycles. The van der Waals surface area contributed by atoms with Gasteiger partial charge in [0.15, 0.2) is 11.5 Å². The second kappa shape index (κ2) is 6.32. The number of rotatable bonds is 5. The summed E-state index contributed by atoms with van der Waals surface area (Å²) in [7, 11) is 0. The molecular weight excluding hydrogens is 326 g/mol.